The van der Waals surface area contributed by atoms with Crippen LogP contribution in [0.5, 0.6) is 0 Å². The zero-order chi connectivity index (χ0) is 11.0. The molecule has 2 aromatic rings. The van der Waals surface area contributed by atoms with Crippen molar-refractivity contribution in [1.82, 2.24) is 9.78 Å². The van der Waals surface area contributed by atoms with E-state index in [0.29, 0.717) is 11.4 Å². The van der Waals surface area contributed by atoms with E-state index in [1.54, 1.807) is 10.7 Å². The van der Waals surface area contributed by atoms with Crippen molar-refractivity contribution in [2.24, 2.45) is 0 Å². The SMILES string of the molecule is Cc1cc(C)n(-c2cc(F)ccc2N)n1. The summed E-state index contributed by atoms with van der Waals surface area (Å²) in [6.07, 6.45) is 0. The highest BCUT2D eigenvalue weighted by molar-refractivity contribution is 5.57. The van der Waals surface area contributed by atoms with E-state index in [0.717, 1.165) is 11.4 Å². The van der Waals surface area contributed by atoms with E-state index in [9.17, 15) is 4.39 Å². The first-order valence-electron chi connectivity index (χ1n) is 4.66. The topological polar surface area (TPSA) is 43.8 Å². The van der Waals surface area contributed by atoms with Gasteiger partial charge in [0.15, 0.2) is 0 Å². The Labute approximate surface area is 87.3 Å². The monoisotopic (exact) mass is 205 g/mol. The summed E-state index contributed by atoms with van der Waals surface area (Å²) >= 11 is 0. The van der Waals surface area contributed by atoms with Gasteiger partial charge in [-0.05, 0) is 32.0 Å². The number of hydrogen-bond acceptors (Lipinski definition) is 2. The fourth-order valence-corrected chi connectivity index (χ4v) is 1.57. The smallest absolute Gasteiger partial charge is 0.125 e. The van der Waals surface area contributed by atoms with Crippen molar-refractivity contribution < 1.29 is 4.39 Å². The van der Waals surface area contributed by atoms with Gasteiger partial charge >= 0.3 is 0 Å². The summed E-state index contributed by atoms with van der Waals surface area (Å²) in [5.41, 5.74) is 8.69. The van der Waals surface area contributed by atoms with Gasteiger partial charge in [-0.15, -0.1) is 0 Å². The zero-order valence-corrected chi connectivity index (χ0v) is 8.66. The molecule has 2 N–H and O–H groups in total. The first kappa shape index (κ1) is 9.71. The second-order valence-corrected chi connectivity index (χ2v) is 3.54. The third kappa shape index (κ3) is 1.70. The van der Waals surface area contributed by atoms with Crippen LogP contribution in [0.1, 0.15) is 11.4 Å². The number of halogens is 1. The van der Waals surface area contributed by atoms with E-state index in [4.69, 9.17) is 5.73 Å². The molecule has 3 nitrogen and oxygen atoms in total. The summed E-state index contributed by atoms with van der Waals surface area (Å²) < 4.78 is 14.7. The third-order valence-corrected chi connectivity index (χ3v) is 2.23. The van der Waals surface area contributed by atoms with Crippen molar-refractivity contribution in [3.05, 3.63) is 41.5 Å². The van der Waals surface area contributed by atoms with Crippen molar-refractivity contribution in [2.75, 3.05) is 5.73 Å². The zero-order valence-electron chi connectivity index (χ0n) is 8.66. The minimum absolute atomic E-state index is 0.313. The fraction of sp³-hybridized carbons (Fsp3) is 0.182. The quantitative estimate of drug-likeness (QED) is 0.725. The first-order chi connectivity index (χ1) is 7.08. The average molecular weight is 205 g/mol. The highest BCUT2D eigenvalue weighted by Crippen LogP contribution is 2.19. The lowest BCUT2D eigenvalue weighted by atomic mass is 10.2. The minimum Gasteiger partial charge on any atom is -0.397 e. The number of rotatable bonds is 1. The van der Waals surface area contributed by atoms with Crippen LogP contribution in [0.15, 0.2) is 24.3 Å². The van der Waals surface area contributed by atoms with E-state index in [-0.39, 0.29) is 5.82 Å². The van der Waals surface area contributed by atoms with Gasteiger partial charge in [-0.3, -0.25) is 0 Å². The molecule has 0 fully saturated rings. The van der Waals surface area contributed by atoms with Crippen molar-refractivity contribution in [3.8, 4) is 5.69 Å². The molecule has 0 aliphatic heterocycles. The molecule has 0 aliphatic carbocycles. The van der Waals surface area contributed by atoms with Crippen molar-refractivity contribution in [2.45, 2.75) is 13.8 Å². The number of benzene rings is 1. The predicted molar refractivity (Wildman–Crippen MR) is 57.4 cm³/mol. The normalized spacial score (nSPS) is 10.6. The van der Waals surface area contributed by atoms with Gasteiger partial charge < -0.3 is 5.73 Å². The van der Waals surface area contributed by atoms with Gasteiger partial charge in [0.05, 0.1) is 17.1 Å². The van der Waals surface area contributed by atoms with Crippen LogP contribution in [0.3, 0.4) is 0 Å². The van der Waals surface area contributed by atoms with Gasteiger partial charge in [0, 0.05) is 11.8 Å². The van der Waals surface area contributed by atoms with Gasteiger partial charge in [0.25, 0.3) is 0 Å². The number of hydrogen-bond donors (Lipinski definition) is 1. The summed E-state index contributed by atoms with van der Waals surface area (Å²) in [6, 6.07) is 6.19. The van der Waals surface area contributed by atoms with Crippen LogP contribution in [0.2, 0.25) is 0 Å². The predicted octanol–water partition coefficient (Wildman–Crippen LogP) is 2.21. The molecule has 4 heteroatoms. The van der Waals surface area contributed by atoms with Crippen LogP contribution in [0.4, 0.5) is 10.1 Å². The van der Waals surface area contributed by atoms with Gasteiger partial charge in [-0.1, -0.05) is 0 Å². The van der Waals surface area contributed by atoms with Crippen molar-refractivity contribution >= 4 is 5.69 Å². The van der Waals surface area contributed by atoms with Crippen molar-refractivity contribution in [1.29, 1.82) is 0 Å². The number of nitrogens with zero attached hydrogens (tertiary/aromatic N) is 2. The number of aromatic nitrogens is 2. The summed E-state index contributed by atoms with van der Waals surface area (Å²) in [5.74, 6) is -0.313. The Balaban J connectivity index is 2.62. The number of nitrogens with two attached hydrogens (primary N) is 1. The lowest BCUT2D eigenvalue weighted by molar-refractivity contribution is 0.625. The van der Waals surface area contributed by atoms with E-state index in [2.05, 4.69) is 5.10 Å². The Hall–Kier alpha value is -1.84. The lowest BCUT2D eigenvalue weighted by Gasteiger charge is -2.07. The van der Waals surface area contributed by atoms with Crippen molar-refractivity contribution in [3.63, 3.8) is 0 Å². The lowest BCUT2D eigenvalue weighted by Crippen LogP contribution is -2.03. The maximum atomic E-state index is 13.1. The molecule has 1 heterocycles. The molecule has 0 unspecified atom stereocenters. The highest BCUT2D eigenvalue weighted by atomic mass is 19.1. The first-order valence-corrected chi connectivity index (χ1v) is 4.66. The molecule has 2 rings (SSSR count). The second-order valence-electron chi connectivity index (χ2n) is 3.54. The molecule has 78 valence electrons. The second kappa shape index (κ2) is 3.38. The molecule has 0 radical (unpaired) electrons. The molecular weight excluding hydrogens is 193 g/mol. The van der Waals surface area contributed by atoms with E-state index >= 15 is 0 Å². The standard InChI is InChI=1S/C11H12FN3/c1-7-5-8(2)15(14-7)11-6-9(12)3-4-10(11)13/h3-6H,13H2,1-2H3. The van der Waals surface area contributed by atoms with Crippen LogP contribution >= 0.6 is 0 Å². The fourth-order valence-electron chi connectivity index (χ4n) is 1.57. The largest absolute Gasteiger partial charge is 0.397 e. The van der Waals surface area contributed by atoms with E-state index < -0.39 is 0 Å². The molecule has 0 saturated heterocycles. The molecular formula is C11H12FN3. The Kier molecular flexibility index (Phi) is 2.19. The maximum absolute atomic E-state index is 13.1. The van der Waals surface area contributed by atoms with Gasteiger partial charge in [0.1, 0.15) is 5.82 Å². The Bertz CT molecular complexity index is 503. The third-order valence-electron chi connectivity index (χ3n) is 2.23. The van der Waals surface area contributed by atoms with E-state index in [1.165, 1.54) is 12.1 Å². The summed E-state index contributed by atoms with van der Waals surface area (Å²) in [7, 11) is 0. The van der Waals surface area contributed by atoms with Gasteiger partial charge in [-0.25, -0.2) is 9.07 Å². The van der Waals surface area contributed by atoms with Gasteiger partial charge in [0.2, 0.25) is 0 Å². The molecule has 0 spiro atoms. The molecule has 1 aromatic carbocycles. The van der Waals surface area contributed by atoms with Crippen LogP contribution in [-0.2, 0) is 0 Å². The average Bonchev–Trinajstić information content (AvgIpc) is 2.50. The molecule has 0 aliphatic rings. The molecule has 15 heavy (non-hydrogen) atoms. The molecule has 1 aromatic heterocycles. The molecule has 0 atom stereocenters. The molecule has 0 amide bonds. The molecule has 0 bridgehead atoms. The highest BCUT2D eigenvalue weighted by Gasteiger charge is 2.07. The van der Waals surface area contributed by atoms with Crippen LogP contribution in [0.25, 0.3) is 5.69 Å². The number of anilines is 1. The minimum atomic E-state index is -0.313. The van der Waals surface area contributed by atoms with Crippen LogP contribution < -0.4 is 5.73 Å². The summed E-state index contributed by atoms with van der Waals surface area (Å²) in [6.45, 7) is 3.79. The Morgan fingerprint density at radius 3 is 2.60 bits per heavy atom. The molecule has 0 saturated carbocycles. The number of aryl methyl sites for hydroxylation is 2. The summed E-state index contributed by atoms with van der Waals surface area (Å²) in [5, 5.41) is 4.25. The van der Waals surface area contributed by atoms with Crippen LogP contribution in [0, 0.1) is 19.7 Å². The maximum Gasteiger partial charge on any atom is 0.125 e. The van der Waals surface area contributed by atoms with E-state index in [1.807, 2.05) is 19.9 Å². The van der Waals surface area contributed by atoms with Crippen LogP contribution in [-0.4, -0.2) is 9.78 Å². The summed E-state index contributed by atoms with van der Waals surface area (Å²) in [4.78, 5) is 0. The number of nitrogen functional groups attached to an aromatic ring is 1. The van der Waals surface area contributed by atoms with Gasteiger partial charge in [-0.2, -0.15) is 5.10 Å². The Morgan fingerprint density at radius 1 is 1.27 bits per heavy atom. The Morgan fingerprint density at radius 2 is 2.00 bits per heavy atom.